The minimum atomic E-state index is -4.69. The Labute approximate surface area is 203 Å². The highest BCUT2D eigenvalue weighted by Gasteiger charge is 2.38. The minimum absolute atomic E-state index is 0.0403. The van der Waals surface area contributed by atoms with Crippen LogP contribution in [0.2, 0.25) is 0 Å². The molecule has 13 heteroatoms. The molecule has 8 nitrogen and oxygen atoms in total. The number of carbonyl (C=O) groups is 1. The molecule has 186 valence electrons. The van der Waals surface area contributed by atoms with Crippen molar-refractivity contribution in [1.82, 2.24) is 15.0 Å². The number of benzene rings is 1. The van der Waals surface area contributed by atoms with Crippen molar-refractivity contribution in [2.24, 2.45) is 5.73 Å². The minimum Gasteiger partial charge on any atom is -0.366 e. The normalized spacial score (nSPS) is 14.7. The summed E-state index contributed by atoms with van der Waals surface area (Å²) in [6.07, 6.45) is -1.66. The summed E-state index contributed by atoms with van der Waals surface area (Å²) in [6, 6.07) is 4.37. The highest BCUT2D eigenvalue weighted by Crippen LogP contribution is 2.42. The van der Waals surface area contributed by atoms with Crippen molar-refractivity contribution in [2.45, 2.75) is 50.5 Å². The van der Waals surface area contributed by atoms with Gasteiger partial charge in [-0.05, 0) is 37.5 Å². The van der Waals surface area contributed by atoms with Crippen molar-refractivity contribution in [3.63, 3.8) is 0 Å². The molecular weight excluding hydrogens is 503 g/mol. The number of hydrogen-bond acceptors (Lipinski definition) is 7. The molecule has 1 fully saturated rings. The number of nitrogens with two attached hydrogens (primary N) is 1. The molecule has 3 aromatic rings. The van der Waals surface area contributed by atoms with Gasteiger partial charge < -0.3 is 5.73 Å². The van der Waals surface area contributed by atoms with E-state index in [1.54, 1.807) is 20.8 Å². The smallest absolute Gasteiger partial charge is 0.366 e. The molecule has 0 unspecified atom stereocenters. The SMILES string of the molecule is Cc1sc(NS(=O)(=O)C2CC2)nc1C(C)(C)c1cc(C(N)=O)ccc1-c1cncc(C(F)(F)F)n1. The van der Waals surface area contributed by atoms with E-state index in [4.69, 9.17) is 5.73 Å². The zero-order valence-corrected chi connectivity index (χ0v) is 20.6. The summed E-state index contributed by atoms with van der Waals surface area (Å²) < 4.78 is 67.1. The number of sulfonamides is 1. The van der Waals surface area contributed by atoms with Gasteiger partial charge >= 0.3 is 6.18 Å². The van der Waals surface area contributed by atoms with Gasteiger partial charge in [0.15, 0.2) is 10.8 Å². The first kappa shape index (κ1) is 25.0. The molecule has 1 aliphatic carbocycles. The molecular formula is C22H22F3N5O3S2. The number of aryl methyl sites for hydroxylation is 1. The number of amides is 1. The fourth-order valence-corrected chi connectivity index (χ4v) is 6.35. The van der Waals surface area contributed by atoms with E-state index in [-0.39, 0.29) is 16.4 Å². The Morgan fingerprint density at radius 3 is 2.46 bits per heavy atom. The topological polar surface area (TPSA) is 128 Å². The van der Waals surface area contributed by atoms with Crippen LogP contribution in [0.25, 0.3) is 11.3 Å². The van der Waals surface area contributed by atoms with Gasteiger partial charge in [0.2, 0.25) is 15.9 Å². The maximum absolute atomic E-state index is 13.3. The quantitative estimate of drug-likeness (QED) is 0.475. The van der Waals surface area contributed by atoms with Crippen LogP contribution in [0.1, 0.15) is 58.9 Å². The molecule has 2 aromatic heterocycles. The lowest BCUT2D eigenvalue weighted by Gasteiger charge is -2.27. The summed E-state index contributed by atoms with van der Waals surface area (Å²) >= 11 is 1.16. The number of nitrogens with zero attached hydrogens (tertiary/aromatic N) is 3. The average Bonchev–Trinajstić information content (AvgIpc) is 3.57. The first-order chi connectivity index (χ1) is 16.2. The number of primary amides is 1. The van der Waals surface area contributed by atoms with Crippen LogP contribution < -0.4 is 10.5 Å². The van der Waals surface area contributed by atoms with Gasteiger partial charge in [-0.25, -0.2) is 18.4 Å². The Kier molecular flexibility index (Phi) is 6.12. The van der Waals surface area contributed by atoms with E-state index in [0.717, 1.165) is 11.3 Å². The van der Waals surface area contributed by atoms with E-state index in [1.165, 1.54) is 24.4 Å². The van der Waals surface area contributed by atoms with E-state index >= 15 is 0 Å². The zero-order chi connectivity index (χ0) is 25.8. The number of carbonyl (C=O) groups excluding carboxylic acids is 1. The third kappa shape index (κ3) is 5.01. The van der Waals surface area contributed by atoms with Gasteiger partial charge in [0, 0.05) is 21.4 Å². The van der Waals surface area contributed by atoms with Crippen LogP contribution in [0.3, 0.4) is 0 Å². The lowest BCUT2D eigenvalue weighted by molar-refractivity contribution is -0.141. The van der Waals surface area contributed by atoms with Crippen LogP contribution in [-0.4, -0.2) is 34.5 Å². The van der Waals surface area contributed by atoms with Crippen LogP contribution in [0.15, 0.2) is 30.6 Å². The number of rotatable bonds is 7. The van der Waals surface area contributed by atoms with E-state index in [1.807, 2.05) is 0 Å². The second kappa shape index (κ2) is 8.55. The molecule has 1 aromatic carbocycles. The maximum Gasteiger partial charge on any atom is 0.434 e. The second-order valence-corrected chi connectivity index (χ2v) is 12.0. The summed E-state index contributed by atoms with van der Waals surface area (Å²) in [5.74, 6) is -0.711. The monoisotopic (exact) mass is 525 g/mol. The third-order valence-corrected chi connectivity index (χ3v) is 8.60. The molecule has 0 bridgehead atoms. The van der Waals surface area contributed by atoms with Crippen LogP contribution >= 0.6 is 11.3 Å². The molecule has 1 saturated carbocycles. The number of halogens is 3. The molecule has 0 aliphatic heterocycles. The first-order valence-electron chi connectivity index (χ1n) is 10.5. The number of thiazole rings is 1. The Morgan fingerprint density at radius 2 is 1.86 bits per heavy atom. The molecule has 35 heavy (non-hydrogen) atoms. The van der Waals surface area contributed by atoms with Crippen molar-refractivity contribution in [1.29, 1.82) is 0 Å². The Hall–Kier alpha value is -3.06. The predicted octanol–water partition coefficient (Wildman–Crippen LogP) is 4.26. The maximum atomic E-state index is 13.3. The fraction of sp³-hybridized carbons (Fsp3) is 0.364. The molecule has 0 atom stereocenters. The number of hydrogen-bond donors (Lipinski definition) is 2. The highest BCUT2D eigenvalue weighted by molar-refractivity contribution is 7.93. The van der Waals surface area contributed by atoms with Crippen LogP contribution in [-0.2, 0) is 21.6 Å². The van der Waals surface area contributed by atoms with E-state index in [0.29, 0.717) is 40.7 Å². The third-order valence-electron chi connectivity index (χ3n) is 5.76. The van der Waals surface area contributed by atoms with Crippen molar-refractivity contribution in [3.8, 4) is 11.3 Å². The summed E-state index contributed by atoms with van der Waals surface area (Å²) in [5.41, 5.74) is 4.70. The van der Waals surface area contributed by atoms with E-state index in [9.17, 15) is 26.4 Å². The van der Waals surface area contributed by atoms with E-state index < -0.39 is 38.5 Å². The van der Waals surface area contributed by atoms with Crippen molar-refractivity contribution in [2.75, 3.05) is 4.72 Å². The van der Waals surface area contributed by atoms with Gasteiger partial charge in [-0.1, -0.05) is 19.9 Å². The molecule has 1 amide bonds. The van der Waals surface area contributed by atoms with Crippen molar-refractivity contribution in [3.05, 3.63) is 58.0 Å². The molecule has 4 rings (SSSR count). The summed E-state index contributed by atoms with van der Waals surface area (Å²) in [4.78, 5) is 24.6. The van der Waals surface area contributed by atoms with Gasteiger partial charge in [-0.3, -0.25) is 14.5 Å². The molecule has 3 N–H and O–H groups in total. The van der Waals surface area contributed by atoms with Crippen molar-refractivity contribution >= 4 is 32.4 Å². The lowest BCUT2D eigenvalue weighted by atomic mass is 9.77. The summed E-state index contributed by atoms with van der Waals surface area (Å²) in [5, 5.41) is -0.231. The van der Waals surface area contributed by atoms with Crippen molar-refractivity contribution < 1.29 is 26.4 Å². The molecule has 0 spiro atoms. The Morgan fingerprint density at radius 1 is 1.17 bits per heavy atom. The Bertz CT molecular complexity index is 1410. The number of anilines is 1. The standard InChI is InChI=1S/C22H22F3N5O3S2/c1-11-18(29-20(34-11)30-35(32,33)13-5-6-13)21(2,3)15-8-12(19(26)31)4-7-14(15)16-9-27-10-17(28-16)22(23,24)25/h4,7-10,13H,5-6H2,1-3H3,(H2,26,31)(H,29,30). The number of alkyl halides is 3. The molecule has 0 saturated heterocycles. The molecule has 0 radical (unpaired) electrons. The Balaban J connectivity index is 1.84. The highest BCUT2D eigenvalue weighted by atomic mass is 32.2. The lowest BCUT2D eigenvalue weighted by Crippen LogP contribution is -2.24. The van der Waals surface area contributed by atoms with Gasteiger partial charge in [-0.2, -0.15) is 13.2 Å². The van der Waals surface area contributed by atoms with Gasteiger partial charge in [0.25, 0.3) is 0 Å². The van der Waals surface area contributed by atoms with E-state index in [2.05, 4.69) is 19.7 Å². The van der Waals surface area contributed by atoms with Gasteiger partial charge in [0.1, 0.15) is 0 Å². The van der Waals surface area contributed by atoms with Crippen LogP contribution in [0, 0.1) is 6.92 Å². The number of aromatic nitrogens is 3. The molecule has 1 aliphatic rings. The largest absolute Gasteiger partial charge is 0.434 e. The van der Waals surface area contributed by atoms with Gasteiger partial charge in [0.05, 0.1) is 29.0 Å². The van der Waals surface area contributed by atoms with Crippen LogP contribution in [0.4, 0.5) is 18.3 Å². The average molecular weight is 526 g/mol. The van der Waals surface area contributed by atoms with Crippen LogP contribution in [0.5, 0.6) is 0 Å². The molecule has 2 heterocycles. The summed E-state index contributed by atoms with van der Waals surface area (Å²) in [6.45, 7) is 5.32. The fourth-order valence-electron chi connectivity index (χ4n) is 3.80. The second-order valence-electron chi connectivity index (χ2n) is 8.81. The zero-order valence-electron chi connectivity index (χ0n) is 19.0. The predicted molar refractivity (Wildman–Crippen MR) is 126 cm³/mol. The summed E-state index contributed by atoms with van der Waals surface area (Å²) in [7, 11) is -3.53. The number of nitrogens with one attached hydrogen (secondary N) is 1. The first-order valence-corrected chi connectivity index (χ1v) is 12.9. The van der Waals surface area contributed by atoms with Gasteiger partial charge in [-0.15, -0.1) is 11.3 Å².